The van der Waals surface area contributed by atoms with Gasteiger partial charge in [0.25, 0.3) is 0 Å². The number of rotatable bonds is 5. The van der Waals surface area contributed by atoms with Gasteiger partial charge in [-0.15, -0.1) is 23.7 Å². The summed E-state index contributed by atoms with van der Waals surface area (Å²) >= 11 is 1.72. The van der Waals surface area contributed by atoms with Crippen molar-refractivity contribution in [3.8, 4) is 0 Å². The molecule has 1 fully saturated rings. The summed E-state index contributed by atoms with van der Waals surface area (Å²) in [6, 6.07) is 4.49. The van der Waals surface area contributed by atoms with Gasteiger partial charge in [0, 0.05) is 17.5 Å². The molecule has 0 spiro atoms. The average molecular weight is 317 g/mol. The predicted octanol–water partition coefficient (Wildman–Crippen LogP) is 3.10. The van der Waals surface area contributed by atoms with Gasteiger partial charge < -0.3 is 10.6 Å². The minimum atomic E-state index is -0.264. The molecule has 3 nitrogen and oxygen atoms in total. The molecule has 5 heteroatoms. The smallest absolute Gasteiger partial charge is 0.231 e. The van der Waals surface area contributed by atoms with E-state index in [1.54, 1.807) is 11.3 Å². The number of hydrogen-bond acceptors (Lipinski definition) is 3. The summed E-state index contributed by atoms with van der Waals surface area (Å²) in [5.74, 6) is 0.219. The molecule has 1 amide bonds. The van der Waals surface area contributed by atoms with Crippen LogP contribution in [-0.4, -0.2) is 25.5 Å². The second-order valence-corrected chi connectivity index (χ2v) is 6.47. The first-order valence-corrected chi connectivity index (χ1v) is 8.06. The van der Waals surface area contributed by atoms with Crippen LogP contribution in [-0.2, 0) is 10.2 Å². The minimum Gasteiger partial charge on any atom is -0.354 e. The topological polar surface area (TPSA) is 41.1 Å². The SMILES string of the molecule is CNC(C)CNC(=O)C1(c2cccs2)CCCCC1.Cl. The molecule has 0 aliphatic heterocycles. The number of thiophene rings is 1. The molecule has 1 aliphatic carbocycles. The van der Waals surface area contributed by atoms with Crippen molar-refractivity contribution in [1.29, 1.82) is 0 Å². The van der Waals surface area contributed by atoms with Gasteiger partial charge >= 0.3 is 0 Å². The Morgan fingerprint density at radius 1 is 1.40 bits per heavy atom. The zero-order valence-electron chi connectivity index (χ0n) is 12.3. The highest BCUT2D eigenvalue weighted by molar-refractivity contribution is 7.10. The van der Waals surface area contributed by atoms with Crippen LogP contribution in [0.2, 0.25) is 0 Å². The van der Waals surface area contributed by atoms with Crippen LogP contribution in [0.15, 0.2) is 17.5 Å². The molecular weight excluding hydrogens is 292 g/mol. The zero-order valence-corrected chi connectivity index (χ0v) is 13.9. The Morgan fingerprint density at radius 3 is 2.65 bits per heavy atom. The molecule has 1 heterocycles. The molecule has 0 radical (unpaired) electrons. The molecule has 1 aliphatic rings. The number of carbonyl (C=O) groups excluding carboxylic acids is 1. The first-order valence-electron chi connectivity index (χ1n) is 7.18. The lowest BCUT2D eigenvalue weighted by Gasteiger charge is -2.35. The number of hydrogen-bond donors (Lipinski definition) is 2. The number of likely N-dealkylation sites (N-methyl/N-ethyl adjacent to an activating group) is 1. The number of halogens is 1. The lowest BCUT2D eigenvalue weighted by molar-refractivity contribution is -0.128. The van der Waals surface area contributed by atoms with E-state index in [4.69, 9.17) is 0 Å². The fourth-order valence-corrected chi connectivity index (χ4v) is 3.79. The second kappa shape index (κ2) is 8.01. The fourth-order valence-electron chi connectivity index (χ4n) is 2.81. The third-order valence-corrected chi connectivity index (χ3v) is 5.27. The highest BCUT2D eigenvalue weighted by atomic mass is 35.5. The van der Waals surface area contributed by atoms with E-state index in [1.807, 2.05) is 7.05 Å². The molecule has 1 unspecified atom stereocenters. The van der Waals surface area contributed by atoms with Gasteiger partial charge in [0.1, 0.15) is 0 Å². The third-order valence-electron chi connectivity index (χ3n) is 4.20. The molecule has 2 rings (SSSR count). The molecular formula is C15H25ClN2OS. The summed E-state index contributed by atoms with van der Waals surface area (Å²) < 4.78 is 0. The van der Waals surface area contributed by atoms with Crippen LogP contribution in [0.5, 0.6) is 0 Å². The van der Waals surface area contributed by atoms with E-state index >= 15 is 0 Å². The Hall–Kier alpha value is -0.580. The normalized spacial score (nSPS) is 18.9. The van der Waals surface area contributed by atoms with Gasteiger partial charge in [0.2, 0.25) is 5.91 Å². The summed E-state index contributed by atoms with van der Waals surface area (Å²) in [6.45, 7) is 2.78. The number of amides is 1. The van der Waals surface area contributed by atoms with Crippen molar-refractivity contribution in [3.05, 3.63) is 22.4 Å². The van der Waals surface area contributed by atoms with Crippen LogP contribution >= 0.6 is 23.7 Å². The van der Waals surface area contributed by atoms with E-state index in [0.29, 0.717) is 12.6 Å². The molecule has 1 atom stereocenters. The zero-order chi connectivity index (χ0) is 13.7. The van der Waals surface area contributed by atoms with Gasteiger partial charge in [-0.05, 0) is 38.3 Å². The van der Waals surface area contributed by atoms with Crippen molar-refractivity contribution in [2.24, 2.45) is 0 Å². The fraction of sp³-hybridized carbons (Fsp3) is 0.667. The van der Waals surface area contributed by atoms with Crippen molar-refractivity contribution in [3.63, 3.8) is 0 Å². The highest BCUT2D eigenvalue weighted by Gasteiger charge is 2.41. The first-order chi connectivity index (χ1) is 9.19. The largest absolute Gasteiger partial charge is 0.354 e. The maximum atomic E-state index is 12.7. The molecule has 20 heavy (non-hydrogen) atoms. The molecule has 1 aromatic heterocycles. The van der Waals surface area contributed by atoms with E-state index in [0.717, 1.165) is 25.7 Å². The van der Waals surface area contributed by atoms with Crippen LogP contribution in [0.4, 0.5) is 0 Å². The Labute approximate surface area is 131 Å². The summed E-state index contributed by atoms with van der Waals surface area (Å²) in [7, 11) is 1.92. The van der Waals surface area contributed by atoms with E-state index in [2.05, 4.69) is 35.1 Å². The molecule has 2 N–H and O–H groups in total. The summed E-state index contributed by atoms with van der Waals surface area (Å²) in [5, 5.41) is 8.37. The standard InChI is InChI=1S/C15H24N2OS.ClH/c1-12(16-2)11-17-14(18)15(8-4-3-5-9-15)13-7-6-10-19-13;/h6-7,10,12,16H,3-5,8-9,11H2,1-2H3,(H,17,18);1H. The van der Waals surface area contributed by atoms with Crippen LogP contribution < -0.4 is 10.6 Å². The first kappa shape index (κ1) is 17.5. The van der Waals surface area contributed by atoms with E-state index in [-0.39, 0.29) is 23.7 Å². The van der Waals surface area contributed by atoms with Gasteiger partial charge in [-0.3, -0.25) is 4.79 Å². The van der Waals surface area contributed by atoms with Gasteiger partial charge in [-0.25, -0.2) is 0 Å². The Kier molecular flexibility index (Phi) is 7.00. The third kappa shape index (κ3) is 3.74. The molecule has 0 aromatic carbocycles. The Bertz CT molecular complexity index is 402. The Morgan fingerprint density at radius 2 is 2.10 bits per heavy atom. The van der Waals surface area contributed by atoms with Crippen molar-refractivity contribution in [2.75, 3.05) is 13.6 Å². The van der Waals surface area contributed by atoms with E-state index in [1.165, 1.54) is 11.3 Å². The number of nitrogens with one attached hydrogen (secondary N) is 2. The van der Waals surface area contributed by atoms with Gasteiger partial charge in [0.15, 0.2) is 0 Å². The van der Waals surface area contributed by atoms with E-state index in [9.17, 15) is 4.79 Å². The van der Waals surface area contributed by atoms with Crippen molar-refractivity contribution in [2.45, 2.75) is 50.5 Å². The number of carbonyl (C=O) groups is 1. The van der Waals surface area contributed by atoms with Gasteiger partial charge in [-0.1, -0.05) is 25.3 Å². The highest BCUT2D eigenvalue weighted by Crippen LogP contribution is 2.41. The molecule has 1 aromatic rings. The van der Waals surface area contributed by atoms with E-state index < -0.39 is 0 Å². The van der Waals surface area contributed by atoms with Gasteiger partial charge in [-0.2, -0.15) is 0 Å². The van der Waals surface area contributed by atoms with Crippen LogP contribution in [0, 0.1) is 0 Å². The summed E-state index contributed by atoms with van der Waals surface area (Å²) in [4.78, 5) is 13.9. The molecule has 0 saturated heterocycles. The summed E-state index contributed by atoms with van der Waals surface area (Å²) in [6.07, 6.45) is 5.56. The van der Waals surface area contributed by atoms with Crippen molar-refractivity contribution >= 4 is 29.7 Å². The Balaban J connectivity index is 0.00000200. The maximum Gasteiger partial charge on any atom is 0.231 e. The molecule has 1 saturated carbocycles. The second-order valence-electron chi connectivity index (χ2n) is 5.52. The van der Waals surface area contributed by atoms with Crippen LogP contribution in [0.1, 0.15) is 43.9 Å². The monoisotopic (exact) mass is 316 g/mol. The molecule has 114 valence electrons. The van der Waals surface area contributed by atoms with Crippen molar-refractivity contribution < 1.29 is 4.79 Å². The molecule has 0 bridgehead atoms. The lowest BCUT2D eigenvalue weighted by Crippen LogP contribution is -2.48. The summed E-state index contributed by atoms with van der Waals surface area (Å²) in [5.41, 5.74) is -0.264. The van der Waals surface area contributed by atoms with Gasteiger partial charge in [0.05, 0.1) is 5.41 Å². The van der Waals surface area contributed by atoms with Crippen molar-refractivity contribution in [1.82, 2.24) is 10.6 Å². The van der Waals surface area contributed by atoms with Crippen LogP contribution in [0.3, 0.4) is 0 Å². The average Bonchev–Trinajstić information content (AvgIpc) is 2.99. The predicted molar refractivity (Wildman–Crippen MR) is 87.9 cm³/mol. The maximum absolute atomic E-state index is 12.7. The van der Waals surface area contributed by atoms with Crippen LogP contribution in [0.25, 0.3) is 0 Å². The lowest BCUT2D eigenvalue weighted by atomic mass is 9.72. The quantitative estimate of drug-likeness (QED) is 0.876. The minimum absolute atomic E-state index is 0.